The fraction of sp³-hybridized carbons (Fsp3) is 0.464. The van der Waals surface area contributed by atoms with Gasteiger partial charge in [0.05, 0.1) is 23.6 Å². The summed E-state index contributed by atoms with van der Waals surface area (Å²) in [5.74, 6) is -0.372. The van der Waals surface area contributed by atoms with Gasteiger partial charge in [0, 0.05) is 41.6 Å². The summed E-state index contributed by atoms with van der Waals surface area (Å²) in [7, 11) is -3.66. The highest BCUT2D eigenvalue weighted by molar-refractivity contribution is 7.89. The van der Waals surface area contributed by atoms with Gasteiger partial charge in [-0.1, -0.05) is 35.3 Å². The number of hydrogen-bond donors (Lipinski definition) is 3. The molecule has 16 heteroatoms. The Kier molecular flexibility index (Phi) is 11.5. The van der Waals surface area contributed by atoms with Gasteiger partial charge in [0.25, 0.3) is 0 Å². The molecule has 1 aromatic heterocycles. The van der Waals surface area contributed by atoms with E-state index in [1.807, 2.05) is 18.2 Å². The zero-order valence-corrected chi connectivity index (χ0v) is 25.8. The molecule has 240 valence electrons. The van der Waals surface area contributed by atoms with E-state index < -0.39 is 22.2 Å². The predicted molar refractivity (Wildman–Crippen MR) is 162 cm³/mol. The number of carboxylic acid groups (broad SMARTS) is 1. The molecule has 10 nitrogen and oxygen atoms in total. The van der Waals surface area contributed by atoms with Crippen LogP contribution in [-0.2, 0) is 19.6 Å². The fourth-order valence-electron chi connectivity index (χ4n) is 5.03. The van der Waals surface area contributed by atoms with Crippen LogP contribution in [-0.4, -0.2) is 75.0 Å². The highest BCUT2D eigenvalue weighted by Gasteiger charge is 2.38. The number of aliphatic carboxylic acids is 1. The van der Waals surface area contributed by atoms with Gasteiger partial charge in [-0.05, 0) is 67.9 Å². The average molecular weight is 679 g/mol. The number of carbonyl (C=O) groups is 1. The number of halogens is 5. The number of fused-ring (bicyclic) bond motifs is 1. The Morgan fingerprint density at radius 3 is 2.14 bits per heavy atom. The molecule has 1 aliphatic carbocycles. The van der Waals surface area contributed by atoms with Crippen LogP contribution in [0.2, 0.25) is 10.0 Å². The van der Waals surface area contributed by atoms with Crippen LogP contribution in [0.15, 0.2) is 47.4 Å². The second-order valence-electron chi connectivity index (χ2n) is 10.5. The molecular weight excluding hydrogens is 646 g/mol. The highest BCUT2D eigenvalue weighted by atomic mass is 35.5. The SMILES string of the molecule is O=C(O)C(F)(F)F.O=S(=O)(NCC1CCC(CNc2nc(N3CCOCC3)c3ccccc3n2)CC1)c1cc(Cl)cc(Cl)c1. The fourth-order valence-corrected chi connectivity index (χ4v) is 6.87. The van der Waals surface area contributed by atoms with Crippen molar-refractivity contribution in [3.05, 3.63) is 52.5 Å². The third-order valence-electron chi connectivity index (χ3n) is 7.36. The van der Waals surface area contributed by atoms with E-state index in [0.29, 0.717) is 47.6 Å². The topological polar surface area (TPSA) is 134 Å². The summed E-state index contributed by atoms with van der Waals surface area (Å²) in [4.78, 5) is 20.9. The standard InChI is InChI=1S/C26H31Cl2N5O3S.C2HF3O2/c27-20-13-21(28)15-22(14-20)37(34,35)30-17-19-7-5-18(6-8-19)16-29-26-31-24-4-2-1-3-23(24)25(32-26)33-9-11-36-12-10-33;3-2(4,5)1(6)7/h1-4,13-15,18-19,30H,5-12,16-17H2,(H,29,31,32);(H,6,7). The first kappa shape index (κ1) is 34.0. The Morgan fingerprint density at radius 2 is 1.55 bits per heavy atom. The van der Waals surface area contributed by atoms with E-state index in [2.05, 4.69) is 21.0 Å². The monoisotopic (exact) mass is 677 g/mol. The molecular formula is C28H32Cl2F3N5O5S. The van der Waals surface area contributed by atoms with E-state index in [9.17, 15) is 21.6 Å². The number of benzene rings is 2. The minimum atomic E-state index is -5.08. The van der Waals surface area contributed by atoms with E-state index in [4.69, 9.17) is 47.8 Å². The van der Waals surface area contributed by atoms with Gasteiger partial charge >= 0.3 is 12.1 Å². The van der Waals surface area contributed by atoms with Crippen molar-refractivity contribution in [1.29, 1.82) is 0 Å². The number of carboxylic acids is 1. The lowest BCUT2D eigenvalue weighted by atomic mass is 9.82. The summed E-state index contributed by atoms with van der Waals surface area (Å²) in [6.45, 7) is 4.24. The molecule has 0 amide bonds. The molecule has 1 saturated heterocycles. The number of anilines is 2. The number of sulfonamides is 1. The number of aromatic nitrogens is 2. The summed E-state index contributed by atoms with van der Waals surface area (Å²) in [6.07, 6.45) is -1.12. The first-order valence-electron chi connectivity index (χ1n) is 13.9. The Hall–Kier alpha value is -2.91. The molecule has 0 unspecified atom stereocenters. The quantitative estimate of drug-likeness (QED) is 0.278. The molecule has 1 saturated carbocycles. The molecule has 3 N–H and O–H groups in total. The largest absolute Gasteiger partial charge is 0.490 e. The van der Waals surface area contributed by atoms with Gasteiger partial charge in [-0.15, -0.1) is 0 Å². The van der Waals surface area contributed by atoms with Crippen molar-refractivity contribution in [2.24, 2.45) is 11.8 Å². The van der Waals surface area contributed by atoms with Crippen LogP contribution in [0.5, 0.6) is 0 Å². The van der Waals surface area contributed by atoms with Crippen LogP contribution < -0.4 is 14.9 Å². The minimum absolute atomic E-state index is 0.0923. The predicted octanol–water partition coefficient (Wildman–Crippen LogP) is 5.60. The van der Waals surface area contributed by atoms with Crippen LogP contribution in [0, 0.1) is 11.8 Å². The molecule has 1 aliphatic heterocycles. The lowest BCUT2D eigenvalue weighted by molar-refractivity contribution is -0.192. The normalized spacial score (nSPS) is 19.2. The van der Waals surface area contributed by atoms with E-state index >= 15 is 0 Å². The maximum atomic E-state index is 12.7. The number of ether oxygens (including phenoxy) is 1. The lowest BCUT2D eigenvalue weighted by Gasteiger charge is -2.30. The van der Waals surface area contributed by atoms with E-state index in [1.54, 1.807) is 0 Å². The van der Waals surface area contributed by atoms with Crippen molar-refractivity contribution >= 4 is 61.9 Å². The van der Waals surface area contributed by atoms with Crippen LogP contribution in [0.25, 0.3) is 10.9 Å². The first-order valence-corrected chi connectivity index (χ1v) is 16.1. The van der Waals surface area contributed by atoms with Crippen LogP contribution in [0.1, 0.15) is 25.7 Å². The molecule has 0 bridgehead atoms. The van der Waals surface area contributed by atoms with Crippen LogP contribution >= 0.6 is 23.2 Å². The molecule has 2 aromatic carbocycles. The smallest absolute Gasteiger partial charge is 0.475 e. The number of rotatable bonds is 8. The highest BCUT2D eigenvalue weighted by Crippen LogP contribution is 2.30. The molecule has 0 radical (unpaired) electrons. The van der Waals surface area contributed by atoms with Gasteiger partial charge in [0.15, 0.2) is 0 Å². The summed E-state index contributed by atoms with van der Waals surface area (Å²) in [6, 6.07) is 12.5. The first-order chi connectivity index (χ1) is 20.8. The number of hydrogen-bond acceptors (Lipinski definition) is 8. The molecule has 2 fully saturated rings. The minimum Gasteiger partial charge on any atom is -0.475 e. The molecule has 0 atom stereocenters. The van der Waals surface area contributed by atoms with Crippen molar-refractivity contribution in [3.63, 3.8) is 0 Å². The zero-order valence-electron chi connectivity index (χ0n) is 23.5. The van der Waals surface area contributed by atoms with Crippen LogP contribution in [0.4, 0.5) is 24.9 Å². The van der Waals surface area contributed by atoms with Gasteiger partial charge < -0.3 is 20.1 Å². The number of nitrogens with one attached hydrogen (secondary N) is 2. The summed E-state index contributed by atoms with van der Waals surface area (Å²) < 4.78 is 65.3. The summed E-state index contributed by atoms with van der Waals surface area (Å²) in [5, 5.41) is 12.2. The van der Waals surface area contributed by atoms with E-state index in [1.165, 1.54) is 18.2 Å². The van der Waals surface area contributed by atoms with Gasteiger partial charge in [0.1, 0.15) is 5.82 Å². The Bertz CT molecular complexity index is 1530. The Morgan fingerprint density at radius 1 is 0.977 bits per heavy atom. The Balaban J connectivity index is 0.000000566. The van der Waals surface area contributed by atoms with E-state index in [0.717, 1.165) is 62.0 Å². The maximum Gasteiger partial charge on any atom is 0.490 e. The molecule has 5 rings (SSSR count). The molecule has 2 heterocycles. The van der Waals surface area contributed by atoms with Crippen LogP contribution in [0.3, 0.4) is 0 Å². The number of para-hydroxylation sites is 1. The van der Waals surface area contributed by atoms with Crippen molar-refractivity contribution in [2.45, 2.75) is 36.8 Å². The molecule has 0 spiro atoms. The van der Waals surface area contributed by atoms with Gasteiger partial charge in [-0.2, -0.15) is 18.2 Å². The summed E-state index contributed by atoms with van der Waals surface area (Å²) >= 11 is 11.9. The molecule has 44 heavy (non-hydrogen) atoms. The zero-order chi connectivity index (χ0) is 31.9. The van der Waals surface area contributed by atoms with Gasteiger partial charge in [-0.25, -0.2) is 22.9 Å². The van der Waals surface area contributed by atoms with Gasteiger partial charge in [-0.3, -0.25) is 0 Å². The van der Waals surface area contributed by atoms with Crippen molar-refractivity contribution in [1.82, 2.24) is 14.7 Å². The molecule has 3 aromatic rings. The summed E-state index contributed by atoms with van der Waals surface area (Å²) in [5.41, 5.74) is 0.929. The van der Waals surface area contributed by atoms with E-state index in [-0.39, 0.29) is 4.90 Å². The van der Waals surface area contributed by atoms with Crippen molar-refractivity contribution < 1.29 is 36.2 Å². The maximum absolute atomic E-state index is 12.7. The number of nitrogens with zero attached hydrogens (tertiary/aromatic N) is 3. The molecule has 2 aliphatic rings. The van der Waals surface area contributed by atoms with Crippen molar-refractivity contribution in [3.8, 4) is 0 Å². The average Bonchev–Trinajstić information content (AvgIpc) is 2.99. The third-order valence-corrected chi connectivity index (χ3v) is 9.20. The lowest BCUT2D eigenvalue weighted by Crippen LogP contribution is -2.37. The second-order valence-corrected chi connectivity index (χ2v) is 13.2. The second kappa shape index (κ2) is 14.9. The number of morpholine rings is 1. The number of alkyl halides is 3. The Labute approximate surface area is 263 Å². The van der Waals surface area contributed by atoms with Crippen molar-refractivity contribution in [2.75, 3.05) is 49.6 Å². The van der Waals surface area contributed by atoms with Gasteiger partial charge in [0.2, 0.25) is 16.0 Å². The third kappa shape index (κ3) is 9.54.